The molecule has 0 heterocycles. The molecule has 0 amide bonds. The van der Waals surface area contributed by atoms with Crippen LogP contribution in [0, 0.1) is 6.92 Å². The lowest BCUT2D eigenvalue weighted by Gasteiger charge is -2.09. The first-order valence-electron chi connectivity index (χ1n) is 2.79. The Labute approximate surface area is 51.1 Å². The Balaban J connectivity index is 2.93. The summed E-state index contributed by atoms with van der Waals surface area (Å²) in [6.45, 7) is 4.35. The van der Waals surface area contributed by atoms with Crippen LogP contribution in [-0.4, -0.2) is 36.8 Å². The Morgan fingerprint density at radius 3 is 2.25 bits per heavy atom. The van der Waals surface area contributed by atoms with Gasteiger partial charge in [-0.1, -0.05) is 0 Å². The Morgan fingerprint density at radius 1 is 1.62 bits per heavy atom. The largest absolute Gasteiger partial charge is 0.393 e. The van der Waals surface area contributed by atoms with Gasteiger partial charge in [0.1, 0.15) is 0 Å². The molecule has 0 spiro atoms. The van der Waals surface area contributed by atoms with E-state index in [0.717, 1.165) is 13.0 Å². The molecule has 1 radical (unpaired) electrons. The molecule has 0 saturated carbocycles. The van der Waals surface area contributed by atoms with E-state index >= 15 is 0 Å². The Kier molecular flexibility index (Phi) is 3.83. The van der Waals surface area contributed by atoms with Crippen LogP contribution < -0.4 is 0 Å². The van der Waals surface area contributed by atoms with Crippen LogP contribution in [0.3, 0.4) is 0 Å². The zero-order chi connectivity index (χ0) is 6.57. The maximum atomic E-state index is 8.66. The van der Waals surface area contributed by atoms with Crippen LogP contribution in [0.5, 0.6) is 0 Å². The number of hydrogen-bond acceptors (Lipinski definition) is 2. The third kappa shape index (κ3) is 5.92. The van der Waals surface area contributed by atoms with Gasteiger partial charge in [-0.15, -0.1) is 0 Å². The average molecular weight is 116 g/mol. The lowest BCUT2D eigenvalue weighted by Crippen LogP contribution is -2.17. The number of hydrogen-bond donors (Lipinski definition) is 1. The van der Waals surface area contributed by atoms with Gasteiger partial charge in [-0.2, -0.15) is 0 Å². The molecule has 0 bridgehead atoms. The summed E-state index contributed by atoms with van der Waals surface area (Å²) in [5.74, 6) is 0. The second-order valence-electron chi connectivity index (χ2n) is 2.25. The molecule has 49 valence electrons. The average Bonchev–Trinajstić information content (AvgIpc) is 1.61. The fraction of sp³-hybridized carbons (Fsp3) is 0.833. The van der Waals surface area contributed by atoms with Gasteiger partial charge in [0, 0.05) is 0 Å². The van der Waals surface area contributed by atoms with Gasteiger partial charge in [-0.05, 0) is 34.0 Å². The van der Waals surface area contributed by atoms with Gasteiger partial charge < -0.3 is 10.0 Å². The van der Waals surface area contributed by atoms with Crippen molar-refractivity contribution in [2.24, 2.45) is 0 Å². The van der Waals surface area contributed by atoms with Crippen LogP contribution in [0.15, 0.2) is 0 Å². The van der Waals surface area contributed by atoms with Gasteiger partial charge in [0.25, 0.3) is 0 Å². The predicted molar refractivity (Wildman–Crippen MR) is 34.5 cm³/mol. The summed E-state index contributed by atoms with van der Waals surface area (Å²) in [6.07, 6.45) is 0.352. The lowest BCUT2D eigenvalue weighted by atomic mass is 10.3. The fourth-order valence-corrected chi connectivity index (χ4v) is 0.407. The minimum absolute atomic E-state index is 0.405. The van der Waals surface area contributed by atoms with E-state index in [2.05, 4.69) is 6.92 Å². The Morgan fingerprint density at radius 2 is 2.12 bits per heavy atom. The number of rotatable bonds is 3. The van der Waals surface area contributed by atoms with Crippen molar-refractivity contribution in [1.82, 2.24) is 4.90 Å². The quantitative estimate of drug-likeness (QED) is 0.566. The highest BCUT2D eigenvalue weighted by Crippen LogP contribution is 1.88. The van der Waals surface area contributed by atoms with E-state index in [1.165, 1.54) is 0 Å². The van der Waals surface area contributed by atoms with Gasteiger partial charge in [-0.25, -0.2) is 0 Å². The van der Waals surface area contributed by atoms with Crippen molar-refractivity contribution in [1.29, 1.82) is 0 Å². The van der Waals surface area contributed by atoms with Gasteiger partial charge in [0.15, 0.2) is 0 Å². The van der Waals surface area contributed by atoms with Crippen molar-refractivity contribution in [3.05, 3.63) is 6.92 Å². The van der Waals surface area contributed by atoms with E-state index in [4.69, 9.17) is 5.11 Å². The third-order valence-corrected chi connectivity index (χ3v) is 0.910. The maximum Gasteiger partial charge on any atom is 0.0553 e. The molecule has 2 nitrogen and oxygen atoms in total. The van der Waals surface area contributed by atoms with E-state index in [1.54, 1.807) is 0 Å². The highest BCUT2D eigenvalue weighted by Gasteiger charge is 1.94. The molecular weight excluding hydrogens is 102 g/mol. The molecule has 0 rings (SSSR count). The minimum atomic E-state index is -0.405. The van der Waals surface area contributed by atoms with Crippen LogP contribution in [0.2, 0.25) is 0 Å². The zero-order valence-corrected chi connectivity index (χ0v) is 5.59. The summed E-state index contributed by atoms with van der Waals surface area (Å²) in [7, 11) is 3.95. The molecule has 0 aromatic rings. The number of nitrogens with zero attached hydrogens (tertiary/aromatic N) is 1. The normalized spacial score (nSPS) is 14.6. The van der Waals surface area contributed by atoms with Crippen molar-refractivity contribution >= 4 is 0 Å². The molecule has 0 aliphatic heterocycles. The smallest absolute Gasteiger partial charge is 0.0553 e. The molecule has 0 saturated heterocycles. The standard InChI is InChI=1S/C6H14NO/c1-6(8)4-5-7(2)3/h6,8H,1,4-5H2,2-3H3. The van der Waals surface area contributed by atoms with Crippen molar-refractivity contribution in [2.75, 3.05) is 20.6 Å². The predicted octanol–water partition coefficient (Wildman–Crippen LogP) is 0.133. The van der Waals surface area contributed by atoms with Gasteiger partial charge in [-0.3, -0.25) is 0 Å². The first-order chi connectivity index (χ1) is 3.63. The van der Waals surface area contributed by atoms with Crippen LogP contribution in [0.1, 0.15) is 6.42 Å². The van der Waals surface area contributed by atoms with Gasteiger partial charge >= 0.3 is 0 Å². The third-order valence-electron chi connectivity index (χ3n) is 0.910. The summed E-state index contributed by atoms with van der Waals surface area (Å²) >= 11 is 0. The monoisotopic (exact) mass is 116 g/mol. The van der Waals surface area contributed by atoms with E-state index in [0.29, 0.717) is 0 Å². The lowest BCUT2D eigenvalue weighted by molar-refractivity contribution is 0.194. The Hall–Kier alpha value is -0.0800. The van der Waals surface area contributed by atoms with Crippen molar-refractivity contribution in [3.63, 3.8) is 0 Å². The molecule has 0 aliphatic rings. The van der Waals surface area contributed by atoms with Crippen LogP contribution in [0.25, 0.3) is 0 Å². The molecule has 0 fully saturated rings. The van der Waals surface area contributed by atoms with Gasteiger partial charge in [0.05, 0.1) is 6.10 Å². The van der Waals surface area contributed by atoms with Crippen LogP contribution in [-0.2, 0) is 0 Å². The minimum Gasteiger partial charge on any atom is -0.393 e. The topological polar surface area (TPSA) is 23.5 Å². The van der Waals surface area contributed by atoms with Gasteiger partial charge in [0.2, 0.25) is 0 Å². The second kappa shape index (κ2) is 3.87. The van der Waals surface area contributed by atoms with Crippen LogP contribution >= 0.6 is 0 Å². The summed E-state index contributed by atoms with van der Waals surface area (Å²) in [6, 6.07) is 0. The molecule has 1 N–H and O–H groups in total. The molecule has 0 aromatic carbocycles. The molecule has 1 atom stereocenters. The molecule has 0 aliphatic carbocycles. The first kappa shape index (κ1) is 7.92. The Bertz CT molecular complexity index is 44.5. The summed E-state index contributed by atoms with van der Waals surface area (Å²) < 4.78 is 0. The van der Waals surface area contributed by atoms with Crippen molar-refractivity contribution in [3.8, 4) is 0 Å². The highest BCUT2D eigenvalue weighted by molar-refractivity contribution is 4.57. The van der Waals surface area contributed by atoms with Crippen LogP contribution in [0.4, 0.5) is 0 Å². The summed E-state index contributed by atoms with van der Waals surface area (Å²) in [5, 5.41) is 8.66. The van der Waals surface area contributed by atoms with Crippen molar-refractivity contribution < 1.29 is 5.11 Å². The SMILES string of the molecule is [CH2]C(O)CCN(C)C. The molecule has 0 aromatic heterocycles. The second-order valence-corrected chi connectivity index (χ2v) is 2.25. The van der Waals surface area contributed by atoms with E-state index in [1.807, 2.05) is 19.0 Å². The number of aliphatic hydroxyl groups excluding tert-OH is 1. The molecule has 1 unspecified atom stereocenters. The van der Waals surface area contributed by atoms with E-state index in [-0.39, 0.29) is 0 Å². The fourth-order valence-electron chi connectivity index (χ4n) is 0.407. The molecule has 8 heavy (non-hydrogen) atoms. The molecule has 2 heteroatoms. The van der Waals surface area contributed by atoms with Crippen molar-refractivity contribution in [2.45, 2.75) is 12.5 Å². The summed E-state index contributed by atoms with van der Waals surface area (Å²) in [5.41, 5.74) is 0. The zero-order valence-electron chi connectivity index (χ0n) is 5.59. The van der Waals surface area contributed by atoms with E-state index in [9.17, 15) is 0 Å². The summed E-state index contributed by atoms with van der Waals surface area (Å²) in [4.78, 5) is 2.02. The molecular formula is C6H14NO. The number of aliphatic hydroxyl groups is 1. The first-order valence-corrected chi connectivity index (χ1v) is 2.79. The highest BCUT2D eigenvalue weighted by atomic mass is 16.3. The maximum absolute atomic E-state index is 8.66. The van der Waals surface area contributed by atoms with E-state index < -0.39 is 6.10 Å².